The van der Waals surface area contributed by atoms with Crippen molar-refractivity contribution in [3.05, 3.63) is 68.5 Å². The van der Waals surface area contributed by atoms with E-state index in [0.717, 1.165) is 26.7 Å². The Bertz CT molecular complexity index is 1160. The molecule has 3 aromatic rings. The minimum absolute atomic E-state index is 0.0165. The molecule has 0 fully saturated rings. The number of carbonyl (C=O) groups is 2. The highest BCUT2D eigenvalue weighted by Crippen LogP contribution is 2.27. The summed E-state index contributed by atoms with van der Waals surface area (Å²) in [5, 5.41) is 1.99. The number of carbonyl (C=O) groups excluding carboxylic acids is 2. The van der Waals surface area contributed by atoms with Crippen molar-refractivity contribution in [1.29, 1.82) is 0 Å². The van der Waals surface area contributed by atoms with Crippen molar-refractivity contribution in [1.82, 2.24) is 14.6 Å². The zero-order valence-electron chi connectivity index (χ0n) is 15.4. The molecule has 4 rings (SSSR count). The average Bonchev–Trinajstić information content (AvgIpc) is 3.39. The maximum Gasteiger partial charge on any atom is 0.280 e. The van der Waals surface area contributed by atoms with Gasteiger partial charge >= 0.3 is 0 Å². The van der Waals surface area contributed by atoms with Gasteiger partial charge in [0, 0.05) is 22.5 Å². The molecule has 0 radical (unpaired) electrons. The van der Waals surface area contributed by atoms with Crippen LogP contribution in [0.25, 0.3) is 0 Å². The Morgan fingerprint density at radius 2 is 1.97 bits per heavy atom. The molecule has 0 saturated heterocycles. The lowest BCUT2D eigenvalue weighted by Gasteiger charge is -2.11. The van der Waals surface area contributed by atoms with E-state index < -0.39 is 21.8 Å². The number of amides is 2. The number of fused-ring (bicyclic) bond motifs is 1. The van der Waals surface area contributed by atoms with E-state index in [-0.39, 0.29) is 22.0 Å². The van der Waals surface area contributed by atoms with Crippen LogP contribution in [0.2, 0.25) is 0 Å². The highest BCUT2D eigenvalue weighted by Gasteiger charge is 2.36. The van der Waals surface area contributed by atoms with Crippen molar-refractivity contribution in [3.63, 3.8) is 0 Å². The monoisotopic (exact) mass is 447 g/mol. The maximum absolute atomic E-state index is 12.5. The summed E-state index contributed by atoms with van der Waals surface area (Å²) in [5.41, 5.74) is 1.56. The van der Waals surface area contributed by atoms with Crippen LogP contribution in [0.3, 0.4) is 0 Å². The molecule has 29 heavy (non-hydrogen) atoms. The number of hydrogen-bond donors (Lipinski definition) is 1. The van der Waals surface area contributed by atoms with Gasteiger partial charge in [0.25, 0.3) is 11.8 Å². The minimum atomic E-state index is -3.65. The van der Waals surface area contributed by atoms with Gasteiger partial charge in [0.2, 0.25) is 10.0 Å². The Morgan fingerprint density at radius 3 is 2.69 bits per heavy atom. The summed E-state index contributed by atoms with van der Waals surface area (Å²) >= 11 is 2.65. The van der Waals surface area contributed by atoms with Crippen molar-refractivity contribution >= 4 is 44.5 Å². The number of imide groups is 1. The summed E-state index contributed by atoms with van der Waals surface area (Å²) in [6, 6.07) is 8.29. The molecule has 1 N–H and O–H groups in total. The molecule has 0 unspecified atom stereocenters. The second-order valence-electron chi connectivity index (χ2n) is 6.49. The van der Waals surface area contributed by atoms with Crippen molar-refractivity contribution in [3.8, 4) is 0 Å². The second kappa shape index (κ2) is 7.79. The quantitative estimate of drug-likeness (QED) is 0.562. The largest absolute Gasteiger partial charge is 0.280 e. The van der Waals surface area contributed by atoms with Gasteiger partial charge in [-0.2, -0.15) is 0 Å². The summed E-state index contributed by atoms with van der Waals surface area (Å²) in [5.74, 6) is -0.881. The van der Waals surface area contributed by atoms with Gasteiger partial charge in [-0.15, -0.1) is 22.7 Å². The molecular weight excluding hydrogens is 430 g/mol. The number of hydrogen-bond acceptors (Lipinski definition) is 7. The lowest BCUT2D eigenvalue weighted by atomic mass is 10.2. The molecule has 0 aliphatic carbocycles. The lowest BCUT2D eigenvalue weighted by molar-refractivity contribution is 0.0642. The van der Waals surface area contributed by atoms with Crippen LogP contribution in [0.4, 0.5) is 0 Å². The van der Waals surface area contributed by atoms with Crippen LogP contribution in [0, 0.1) is 6.92 Å². The van der Waals surface area contributed by atoms with Crippen molar-refractivity contribution in [2.45, 2.75) is 24.1 Å². The molecule has 7 nitrogen and oxygen atoms in total. The summed E-state index contributed by atoms with van der Waals surface area (Å²) < 4.78 is 27.9. The second-order valence-corrected chi connectivity index (χ2v) is 10.7. The van der Waals surface area contributed by atoms with Gasteiger partial charge in [-0.25, -0.2) is 13.1 Å². The minimum Gasteiger partial charge on any atom is -0.268 e. The predicted octanol–water partition coefficient (Wildman–Crippen LogP) is 2.83. The van der Waals surface area contributed by atoms with Crippen LogP contribution in [0.1, 0.15) is 36.2 Å². The van der Waals surface area contributed by atoms with E-state index in [2.05, 4.69) is 9.71 Å². The van der Waals surface area contributed by atoms with E-state index in [0.29, 0.717) is 17.8 Å². The number of pyridine rings is 1. The first kappa shape index (κ1) is 19.9. The standard InChI is InChI=1S/C19H17N3O4S3/c1-12-7-10-27-15(12)6-9-21-29(25,26)16-5-4-13(28-16)11-22-18(23)14-3-2-8-20-17(14)19(22)24/h2-5,7-8,10,21H,6,9,11H2,1H3. The van der Waals surface area contributed by atoms with Crippen LogP contribution in [-0.4, -0.2) is 36.7 Å². The van der Waals surface area contributed by atoms with E-state index in [1.165, 1.54) is 12.3 Å². The van der Waals surface area contributed by atoms with E-state index in [1.807, 2.05) is 18.4 Å². The molecule has 0 spiro atoms. The van der Waals surface area contributed by atoms with Gasteiger partial charge in [0.15, 0.2) is 0 Å². The van der Waals surface area contributed by atoms with Crippen LogP contribution < -0.4 is 4.72 Å². The molecule has 0 atom stereocenters. The smallest absolute Gasteiger partial charge is 0.268 e. The van der Waals surface area contributed by atoms with Gasteiger partial charge in [0.05, 0.1) is 12.1 Å². The van der Waals surface area contributed by atoms with Gasteiger partial charge in [0.1, 0.15) is 9.90 Å². The summed E-state index contributed by atoms with van der Waals surface area (Å²) in [7, 11) is -3.65. The van der Waals surface area contributed by atoms with Crippen molar-refractivity contribution in [2.24, 2.45) is 0 Å². The SMILES string of the molecule is Cc1ccsc1CCNS(=O)(=O)c1ccc(CN2C(=O)c3cccnc3C2=O)s1. The molecule has 1 aliphatic rings. The Hall–Kier alpha value is -2.40. The third-order valence-electron chi connectivity index (χ3n) is 4.56. The molecule has 10 heteroatoms. The predicted molar refractivity (Wildman–Crippen MR) is 111 cm³/mol. The maximum atomic E-state index is 12.5. The number of nitrogens with one attached hydrogen (secondary N) is 1. The average molecular weight is 448 g/mol. The van der Waals surface area contributed by atoms with E-state index in [4.69, 9.17) is 0 Å². The molecule has 0 bridgehead atoms. The molecule has 150 valence electrons. The zero-order valence-corrected chi connectivity index (χ0v) is 17.9. The zero-order chi connectivity index (χ0) is 20.6. The summed E-state index contributed by atoms with van der Waals surface area (Å²) in [6.07, 6.45) is 2.09. The first-order valence-electron chi connectivity index (χ1n) is 8.79. The molecule has 0 aromatic carbocycles. The number of nitrogens with zero attached hydrogens (tertiary/aromatic N) is 2. The van der Waals surface area contributed by atoms with Gasteiger partial charge in [-0.1, -0.05) is 0 Å². The highest BCUT2D eigenvalue weighted by atomic mass is 32.2. The molecule has 2 amide bonds. The van der Waals surface area contributed by atoms with Gasteiger partial charge < -0.3 is 0 Å². The Labute approximate surface area is 176 Å². The Morgan fingerprint density at radius 1 is 1.14 bits per heavy atom. The third-order valence-corrected chi connectivity index (χ3v) is 8.66. The van der Waals surface area contributed by atoms with Gasteiger partial charge in [-0.05, 0) is 54.6 Å². The van der Waals surface area contributed by atoms with Crippen molar-refractivity contribution in [2.75, 3.05) is 6.54 Å². The molecular formula is C19H17N3O4S3. The Balaban J connectivity index is 1.42. The van der Waals surface area contributed by atoms with E-state index in [9.17, 15) is 18.0 Å². The van der Waals surface area contributed by atoms with Crippen LogP contribution in [0.5, 0.6) is 0 Å². The normalized spacial score (nSPS) is 13.9. The lowest BCUT2D eigenvalue weighted by Crippen LogP contribution is -2.28. The highest BCUT2D eigenvalue weighted by molar-refractivity contribution is 7.91. The fourth-order valence-electron chi connectivity index (χ4n) is 3.03. The van der Waals surface area contributed by atoms with Crippen molar-refractivity contribution < 1.29 is 18.0 Å². The number of thiophene rings is 2. The number of sulfonamides is 1. The number of aromatic nitrogens is 1. The molecule has 4 heterocycles. The molecule has 1 aliphatic heterocycles. The van der Waals surface area contributed by atoms with E-state index >= 15 is 0 Å². The topological polar surface area (TPSA) is 96.4 Å². The number of rotatable bonds is 7. The van der Waals surface area contributed by atoms with Gasteiger partial charge in [-0.3, -0.25) is 19.5 Å². The molecule has 0 saturated carbocycles. The summed E-state index contributed by atoms with van der Waals surface area (Å²) in [4.78, 5) is 31.7. The number of aryl methyl sites for hydroxylation is 1. The fourth-order valence-corrected chi connectivity index (χ4v) is 6.36. The van der Waals surface area contributed by atoms with Crippen LogP contribution in [-0.2, 0) is 23.0 Å². The fraction of sp³-hybridized carbons (Fsp3) is 0.211. The van der Waals surface area contributed by atoms with Crippen LogP contribution >= 0.6 is 22.7 Å². The molecule has 3 aromatic heterocycles. The van der Waals surface area contributed by atoms with E-state index in [1.54, 1.807) is 29.5 Å². The third kappa shape index (κ3) is 3.88. The Kier molecular flexibility index (Phi) is 5.34. The first-order chi connectivity index (χ1) is 13.9. The van der Waals surface area contributed by atoms with Crippen LogP contribution in [0.15, 0.2) is 46.1 Å². The summed E-state index contributed by atoms with van der Waals surface area (Å²) in [6.45, 7) is 2.32. The first-order valence-corrected chi connectivity index (χ1v) is 12.0.